The van der Waals surface area contributed by atoms with Gasteiger partial charge in [-0.1, -0.05) is 30.3 Å². The number of hydrogen-bond acceptors (Lipinski definition) is 5. The summed E-state index contributed by atoms with van der Waals surface area (Å²) >= 11 is 0. The van der Waals surface area contributed by atoms with Crippen molar-refractivity contribution in [3.63, 3.8) is 0 Å². The molecule has 1 aromatic carbocycles. The van der Waals surface area contributed by atoms with E-state index >= 15 is 0 Å². The lowest BCUT2D eigenvalue weighted by Gasteiger charge is -2.17. The molecule has 2 aromatic heterocycles. The second kappa shape index (κ2) is 8.52. The maximum Gasteiger partial charge on any atom is 0.332 e. The molecular weight excluding hydrogens is 392 g/mol. The highest BCUT2D eigenvalue weighted by Crippen LogP contribution is 2.31. The topological polar surface area (TPSA) is 91.1 Å². The Labute approximate surface area is 175 Å². The fraction of sp³-hybridized carbons (Fsp3) is 0.450. The predicted octanol–water partition coefficient (Wildman–Crippen LogP) is 0.530. The predicted molar refractivity (Wildman–Crippen MR) is 116 cm³/mol. The van der Waals surface area contributed by atoms with Crippen molar-refractivity contribution in [2.75, 3.05) is 26.2 Å². The zero-order chi connectivity index (χ0) is 19.8. The van der Waals surface area contributed by atoms with Gasteiger partial charge in [-0.15, -0.1) is 12.4 Å². The number of halogens is 1. The van der Waals surface area contributed by atoms with Crippen molar-refractivity contribution in [1.82, 2.24) is 23.6 Å². The standard InChI is InChI=1S/C20H26N6O2.ClH/c1-23-18-17(19(27)24(2)20(23)28)26(13-22-18)9-8-25-11-15(10-21)16(12-25)14-6-4-3-5-7-14;/h3-7,13,15-16H,8-12,21H2,1-2H3;1H/t15-,16+;/m1./s1. The second-order valence-electron chi connectivity index (χ2n) is 7.59. The van der Waals surface area contributed by atoms with Crippen LogP contribution in [0.2, 0.25) is 0 Å². The molecule has 0 spiro atoms. The Morgan fingerprint density at radius 3 is 2.48 bits per heavy atom. The highest BCUT2D eigenvalue weighted by atomic mass is 35.5. The summed E-state index contributed by atoms with van der Waals surface area (Å²) < 4.78 is 4.40. The first-order valence-electron chi connectivity index (χ1n) is 9.59. The molecule has 0 bridgehead atoms. The van der Waals surface area contributed by atoms with Gasteiger partial charge in [0.1, 0.15) is 0 Å². The molecule has 0 unspecified atom stereocenters. The lowest BCUT2D eigenvalue weighted by atomic mass is 9.89. The van der Waals surface area contributed by atoms with Crippen molar-refractivity contribution >= 4 is 23.6 Å². The number of fused-ring (bicyclic) bond motifs is 1. The van der Waals surface area contributed by atoms with E-state index in [0.29, 0.717) is 36.1 Å². The van der Waals surface area contributed by atoms with E-state index < -0.39 is 0 Å². The molecule has 1 aliphatic heterocycles. The van der Waals surface area contributed by atoms with Crippen LogP contribution in [0.1, 0.15) is 11.5 Å². The lowest BCUT2D eigenvalue weighted by Crippen LogP contribution is -2.37. The summed E-state index contributed by atoms with van der Waals surface area (Å²) in [4.78, 5) is 31.3. The van der Waals surface area contributed by atoms with Gasteiger partial charge in [0.05, 0.1) is 6.33 Å². The summed E-state index contributed by atoms with van der Waals surface area (Å²) in [5.41, 5.74) is 7.60. The van der Waals surface area contributed by atoms with Gasteiger partial charge in [-0.2, -0.15) is 0 Å². The van der Waals surface area contributed by atoms with Crippen molar-refractivity contribution in [2.24, 2.45) is 25.7 Å². The summed E-state index contributed by atoms with van der Waals surface area (Å²) in [6.45, 7) is 4.00. The summed E-state index contributed by atoms with van der Waals surface area (Å²) in [6.07, 6.45) is 1.65. The van der Waals surface area contributed by atoms with Crippen LogP contribution in [0.15, 0.2) is 46.2 Å². The molecule has 8 nitrogen and oxygen atoms in total. The Hall–Kier alpha value is -2.42. The van der Waals surface area contributed by atoms with E-state index in [-0.39, 0.29) is 23.7 Å². The van der Waals surface area contributed by atoms with Crippen LogP contribution >= 0.6 is 12.4 Å². The molecule has 2 N–H and O–H groups in total. The SMILES string of the molecule is Cl.Cn1c(=O)c2c(ncn2CCN2C[C@@H](CN)[C@H](c3ccccc3)C2)n(C)c1=O. The maximum atomic E-state index is 12.6. The number of likely N-dealkylation sites (tertiary alicyclic amines) is 1. The third kappa shape index (κ3) is 3.75. The average molecular weight is 419 g/mol. The second-order valence-corrected chi connectivity index (χ2v) is 7.59. The normalized spacial score (nSPS) is 19.6. The minimum atomic E-state index is -0.362. The van der Waals surface area contributed by atoms with Gasteiger partial charge in [0.25, 0.3) is 5.56 Å². The summed E-state index contributed by atoms with van der Waals surface area (Å²) in [6, 6.07) is 10.5. The number of hydrogen-bond donors (Lipinski definition) is 1. The molecule has 1 fully saturated rings. The molecule has 9 heteroatoms. The zero-order valence-corrected chi connectivity index (χ0v) is 17.5. The molecule has 1 aliphatic rings. The van der Waals surface area contributed by atoms with Crippen LogP contribution in [0.5, 0.6) is 0 Å². The van der Waals surface area contributed by atoms with Gasteiger partial charge in [0, 0.05) is 46.2 Å². The van der Waals surface area contributed by atoms with Gasteiger partial charge in [-0.3, -0.25) is 13.9 Å². The van der Waals surface area contributed by atoms with Crippen molar-refractivity contribution in [1.29, 1.82) is 0 Å². The molecular formula is C20H27ClN6O2. The molecule has 2 atom stereocenters. The number of aromatic nitrogens is 4. The quantitative estimate of drug-likeness (QED) is 0.652. The largest absolute Gasteiger partial charge is 0.332 e. The van der Waals surface area contributed by atoms with Crippen LogP contribution in [0.4, 0.5) is 0 Å². The minimum Gasteiger partial charge on any atom is -0.330 e. The fourth-order valence-corrected chi connectivity index (χ4v) is 4.28. The first-order valence-corrected chi connectivity index (χ1v) is 9.59. The van der Waals surface area contributed by atoms with Crippen molar-refractivity contribution in [3.05, 3.63) is 63.1 Å². The number of nitrogens with two attached hydrogens (primary N) is 1. The van der Waals surface area contributed by atoms with Gasteiger partial charge in [0.15, 0.2) is 11.2 Å². The molecule has 0 saturated carbocycles. The molecule has 3 heterocycles. The molecule has 0 aliphatic carbocycles. The molecule has 29 heavy (non-hydrogen) atoms. The third-order valence-electron chi connectivity index (χ3n) is 5.92. The summed E-state index contributed by atoms with van der Waals surface area (Å²) in [7, 11) is 3.14. The monoisotopic (exact) mass is 418 g/mol. The highest BCUT2D eigenvalue weighted by Gasteiger charge is 2.32. The molecule has 3 aromatic rings. The van der Waals surface area contributed by atoms with Crippen LogP contribution in [0, 0.1) is 5.92 Å². The molecule has 156 valence electrons. The van der Waals surface area contributed by atoms with E-state index in [1.165, 1.54) is 17.2 Å². The van der Waals surface area contributed by atoms with Crippen LogP contribution in [-0.2, 0) is 20.6 Å². The van der Waals surface area contributed by atoms with E-state index in [1.54, 1.807) is 13.4 Å². The Balaban J connectivity index is 0.00000240. The van der Waals surface area contributed by atoms with E-state index in [9.17, 15) is 9.59 Å². The van der Waals surface area contributed by atoms with Crippen molar-refractivity contribution in [3.8, 4) is 0 Å². The zero-order valence-electron chi connectivity index (χ0n) is 16.7. The third-order valence-corrected chi connectivity index (χ3v) is 5.92. The maximum absolute atomic E-state index is 12.6. The van der Waals surface area contributed by atoms with Gasteiger partial charge in [-0.05, 0) is 18.0 Å². The number of benzene rings is 1. The lowest BCUT2D eigenvalue weighted by molar-refractivity contribution is 0.311. The average Bonchev–Trinajstić information content (AvgIpc) is 3.34. The van der Waals surface area contributed by atoms with E-state index in [4.69, 9.17) is 5.73 Å². The van der Waals surface area contributed by atoms with Crippen LogP contribution in [0.3, 0.4) is 0 Å². The molecule has 0 radical (unpaired) electrons. The van der Waals surface area contributed by atoms with E-state index in [2.05, 4.69) is 34.1 Å². The first kappa shape index (κ1) is 21.3. The van der Waals surface area contributed by atoms with Crippen molar-refractivity contribution < 1.29 is 0 Å². The minimum absolute atomic E-state index is 0. The number of rotatable bonds is 5. The Morgan fingerprint density at radius 1 is 1.07 bits per heavy atom. The summed E-state index contributed by atoms with van der Waals surface area (Å²) in [5, 5.41) is 0. The van der Waals surface area contributed by atoms with Gasteiger partial charge >= 0.3 is 5.69 Å². The summed E-state index contributed by atoms with van der Waals surface area (Å²) in [5.74, 6) is 0.857. The number of imidazole rings is 1. The van der Waals surface area contributed by atoms with Crippen LogP contribution in [-0.4, -0.2) is 49.8 Å². The Morgan fingerprint density at radius 2 is 1.79 bits per heavy atom. The Kier molecular flexibility index (Phi) is 6.26. The van der Waals surface area contributed by atoms with Crippen molar-refractivity contribution in [2.45, 2.75) is 12.5 Å². The van der Waals surface area contributed by atoms with Gasteiger partial charge in [-0.25, -0.2) is 9.78 Å². The van der Waals surface area contributed by atoms with Crippen LogP contribution in [0.25, 0.3) is 11.2 Å². The van der Waals surface area contributed by atoms with Gasteiger partial charge < -0.3 is 15.2 Å². The molecule has 1 saturated heterocycles. The smallest absolute Gasteiger partial charge is 0.330 e. The Bertz CT molecular complexity index is 1100. The molecule has 0 amide bonds. The van der Waals surface area contributed by atoms with Crippen LogP contribution < -0.4 is 17.0 Å². The first-order chi connectivity index (χ1) is 13.5. The molecule has 4 rings (SSSR count). The fourth-order valence-electron chi connectivity index (χ4n) is 4.28. The van der Waals surface area contributed by atoms with E-state index in [1.807, 2.05) is 10.6 Å². The number of aryl methyl sites for hydroxylation is 1. The van der Waals surface area contributed by atoms with E-state index in [0.717, 1.165) is 24.2 Å². The van der Waals surface area contributed by atoms with Gasteiger partial charge in [0.2, 0.25) is 0 Å². The highest BCUT2D eigenvalue weighted by molar-refractivity contribution is 5.85. The number of nitrogens with zero attached hydrogens (tertiary/aromatic N) is 5.